The van der Waals surface area contributed by atoms with Crippen LogP contribution in [0.1, 0.15) is 18.1 Å². The highest BCUT2D eigenvalue weighted by atomic mass is 79.9. The van der Waals surface area contributed by atoms with Crippen LogP contribution in [0.15, 0.2) is 22.7 Å². The van der Waals surface area contributed by atoms with E-state index in [2.05, 4.69) is 36.2 Å². The average Bonchev–Trinajstić information content (AvgIpc) is 2.65. The van der Waals surface area contributed by atoms with Gasteiger partial charge in [-0.05, 0) is 34.1 Å². The van der Waals surface area contributed by atoms with Crippen molar-refractivity contribution in [2.45, 2.75) is 14.0 Å². The molecule has 0 aliphatic carbocycles. The van der Waals surface area contributed by atoms with Crippen molar-refractivity contribution in [1.82, 2.24) is 15.0 Å². The van der Waals surface area contributed by atoms with E-state index in [0.717, 1.165) is 0 Å². The number of aldehydes is 1. The van der Waals surface area contributed by atoms with Gasteiger partial charge in [0.2, 0.25) is 7.59 Å². The zero-order valence-corrected chi connectivity index (χ0v) is 20.8. The standard InChI is InChI=1S/C16H11BrCl6N4O3/c17-10-6-8(24-7-11(29)30-5-1-4-28)2-3-9(10)12-25-13(15(18,19)20)27-14(26-12)16(21,22)23/h2-4,6,24H,1,5,7H2. The van der Waals surface area contributed by atoms with Gasteiger partial charge in [0.15, 0.2) is 17.5 Å². The lowest BCUT2D eigenvalue weighted by atomic mass is 10.2. The molecule has 0 saturated heterocycles. The number of nitrogens with zero attached hydrogens (tertiary/aromatic N) is 3. The summed E-state index contributed by atoms with van der Waals surface area (Å²) in [5.41, 5.74) is 1.08. The number of carbonyl (C=O) groups excluding carboxylic acids is 2. The highest BCUT2D eigenvalue weighted by molar-refractivity contribution is 9.10. The van der Waals surface area contributed by atoms with E-state index in [-0.39, 0.29) is 37.0 Å². The van der Waals surface area contributed by atoms with Crippen LogP contribution in [0, 0.1) is 0 Å². The Morgan fingerprint density at radius 3 is 2.17 bits per heavy atom. The minimum Gasteiger partial charge on any atom is -0.464 e. The summed E-state index contributed by atoms with van der Waals surface area (Å²) in [5, 5.41) is 2.89. The van der Waals surface area contributed by atoms with E-state index >= 15 is 0 Å². The molecule has 0 atom stereocenters. The number of esters is 1. The van der Waals surface area contributed by atoms with E-state index in [1.165, 1.54) is 0 Å². The smallest absolute Gasteiger partial charge is 0.325 e. The van der Waals surface area contributed by atoms with Crippen molar-refractivity contribution in [3.63, 3.8) is 0 Å². The zero-order chi connectivity index (χ0) is 22.5. The van der Waals surface area contributed by atoms with E-state index < -0.39 is 13.6 Å². The molecule has 14 heteroatoms. The van der Waals surface area contributed by atoms with E-state index in [9.17, 15) is 9.59 Å². The van der Waals surface area contributed by atoms with Crippen LogP contribution < -0.4 is 5.32 Å². The summed E-state index contributed by atoms with van der Waals surface area (Å²) < 4.78 is 1.47. The van der Waals surface area contributed by atoms with Crippen LogP contribution in [0.4, 0.5) is 5.69 Å². The summed E-state index contributed by atoms with van der Waals surface area (Å²) in [5.74, 6) is -0.842. The number of alkyl halides is 6. The van der Waals surface area contributed by atoms with E-state index in [0.29, 0.717) is 22.0 Å². The Kier molecular flexibility index (Phi) is 9.24. The Bertz CT molecular complexity index is 904. The Morgan fingerprint density at radius 2 is 1.67 bits per heavy atom. The van der Waals surface area contributed by atoms with Crippen LogP contribution in [0.5, 0.6) is 0 Å². The minimum absolute atomic E-state index is 0.0309. The van der Waals surface area contributed by atoms with Crippen LogP contribution >= 0.6 is 85.5 Å². The van der Waals surface area contributed by atoms with Gasteiger partial charge in [-0.25, -0.2) is 15.0 Å². The summed E-state index contributed by atoms with van der Waals surface area (Å²) >= 11 is 38.7. The van der Waals surface area contributed by atoms with Crippen LogP contribution in [0.3, 0.4) is 0 Å². The molecular formula is C16H11BrCl6N4O3. The van der Waals surface area contributed by atoms with E-state index in [1.54, 1.807) is 18.2 Å². The number of rotatable bonds is 7. The molecule has 0 fully saturated rings. The van der Waals surface area contributed by atoms with Crippen molar-refractivity contribution in [2.75, 3.05) is 18.5 Å². The molecule has 0 radical (unpaired) electrons. The fraction of sp³-hybridized carbons (Fsp3) is 0.312. The molecule has 1 aromatic heterocycles. The van der Waals surface area contributed by atoms with Crippen molar-refractivity contribution in [1.29, 1.82) is 0 Å². The van der Waals surface area contributed by atoms with E-state index in [1.807, 2.05) is 0 Å². The first-order valence-electron chi connectivity index (χ1n) is 7.95. The fourth-order valence-corrected chi connectivity index (χ4v) is 3.07. The second-order valence-corrected chi connectivity index (χ2v) is 10.9. The van der Waals surface area contributed by atoms with Crippen molar-refractivity contribution >= 4 is 103 Å². The molecule has 2 rings (SSSR count). The molecule has 0 unspecified atom stereocenters. The topological polar surface area (TPSA) is 94.1 Å². The number of aromatic nitrogens is 3. The molecule has 7 nitrogen and oxygen atoms in total. The SMILES string of the molecule is O=CCCOC(=O)CNc1ccc(-c2nc(C(Cl)(Cl)Cl)nc(C(Cl)(Cl)Cl)n2)c(Br)c1. The molecule has 1 heterocycles. The largest absolute Gasteiger partial charge is 0.464 e. The third-order valence-corrected chi connectivity index (χ3v) is 4.96. The number of anilines is 1. The van der Waals surface area contributed by atoms with Gasteiger partial charge in [0.25, 0.3) is 0 Å². The van der Waals surface area contributed by atoms with Gasteiger partial charge in [-0.15, -0.1) is 0 Å². The molecule has 0 bridgehead atoms. The van der Waals surface area contributed by atoms with Crippen LogP contribution in [-0.4, -0.2) is 40.4 Å². The number of hydrogen-bond donors (Lipinski definition) is 1. The lowest BCUT2D eigenvalue weighted by Crippen LogP contribution is -2.18. The molecule has 1 N–H and O–H groups in total. The van der Waals surface area contributed by atoms with E-state index in [4.69, 9.17) is 74.3 Å². The van der Waals surface area contributed by atoms with Gasteiger partial charge < -0.3 is 14.8 Å². The van der Waals surface area contributed by atoms with Gasteiger partial charge in [-0.3, -0.25) is 4.79 Å². The Labute approximate surface area is 209 Å². The maximum Gasteiger partial charge on any atom is 0.325 e. The minimum atomic E-state index is -1.97. The highest BCUT2D eigenvalue weighted by Crippen LogP contribution is 2.41. The zero-order valence-electron chi connectivity index (χ0n) is 14.6. The van der Waals surface area contributed by atoms with Gasteiger partial charge in [-0.1, -0.05) is 69.6 Å². The van der Waals surface area contributed by atoms with Crippen LogP contribution in [0.2, 0.25) is 0 Å². The normalized spacial score (nSPS) is 11.8. The lowest BCUT2D eigenvalue weighted by Gasteiger charge is -2.16. The number of ether oxygens (including phenoxy) is 1. The van der Waals surface area contributed by atoms with Crippen LogP contribution in [-0.2, 0) is 21.9 Å². The summed E-state index contributed by atoms with van der Waals surface area (Å²) in [7, 11) is 0. The molecule has 0 amide bonds. The van der Waals surface area contributed by atoms with Gasteiger partial charge in [-0.2, -0.15) is 0 Å². The molecule has 0 saturated carbocycles. The molecule has 2 aromatic rings. The van der Waals surface area contributed by atoms with Crippen molar-refractivity contribution in [3.8, 4) is 11.4 Å². The fourth-order valence-electron chi connectivity index (χ4n) is 2.00. The molecule has 1 aromatic carbocycles. The average molecular weight is 600 g/mol. The number of carbonyl (C=O) groups is 2. The maximum atomic E-state index is 11.6. The molecule has 162 valence electrons. The summed E-state index contributed by atoms with van der Waals surface area (Å²) in [6.07, 6.45) is 0.810. The third-order valence-electron chi connectivity index (χ3n) is 3.29. The van der Waals surface area contributed by atoms with Crippen molar-refractivity contribution < 1.29 is 14.3 Å². The lowest BCUT2D eigenvalue weighted by molar-refractivity contribution is -0.141. The van der Waals surface area contributed by atoms with Gasteiger partial charge in [0, 0.05) is 22.1 Å². The maximum absolute atomic E-state index is 11.6. The molecule has 0 aliphatic rings. The Balaban J connectivity index is 2.28. The molecule has 0 aliphatic heterocycles. The Hall–Kier alpha value is -0.610. The number of halogens is 7. The number of nitrogens with one attached hydrogen (secondary N) is 1. The van der Waals surface area contributed by atoms with Crippen LogP contribution in [0.25, 0.3) is 11.4 Å². The number of benzene rings is 1. The highest BCUT2D eigenvalue weighted by Gasteiger charge is 2.34. The quantitative estimate of drug-likeness (QED) is 0.194. The predicted molar refractivity (Wildman–Crippen MR) is 122 cm³/mol. The molecule has 0 spiro atoms. The van der Waals surface area contributed by atoms with Gasteiger partial charge in [0.05, 0.1) is 6.61 Å². The number of hydrogen-bond acceptors (Lipinski definition) is 7. The summed E-state index contributed by atoms with van der Waals surface area (Å²) in [4.78, 5) is 34.1. The summed E-state index contributed by atoms with van der Waals surface area (Å²) in [6, 6.07) is 4.97. The van der Waals surface area contributed by atoms with Crippen molar-refractivity contribution in [2.24, 2.45) is 0 Å². The molecular weight excluding hydrogens is 589 g/mol. The molecule has 30 heavy (non-hydrogen) atoms. The van der Waals surface area contributed by atoms with Gasteiger partial charge in [0.1, 0.15) is 12.8 Å². The summed E-state index contributed by atoms with van der Waals surface area (Å²) in [6.45, 7) is -0.0612. The third kappa shape index (κ3) is 7.51. The first-order valence-corrected chi connectivity index (χ1v) is 11.0. The first-order chi connectivity index (χ1) is 13.9. The second kappa shape index (κ2) is 10.8. The predicted octanol–water partition coefficient (Wildman–Crippen LogP) is 5.50. The van der Waals surface area contributed by atoms with Crippen molar-refractivity contribution in [3.05, 3.63) is 34.3 Å². The second-order valence-electron chi connectivity index (χ2n) is 5.53. The monoisotopic (exact) mass is 596 g/mol. The Morgan fingerprint density at radius 1 is 1.07 bits per heavy atom. The van der Waals surface area contributed by atoms with Gasteiger partial charge >= 0.3 is 5.97 Å². The first kappa shape index (κ1) is 25.6.